The fraction of sp³-hybridized carbons (Fsp3) is 0.143. The normalized spacial score (nSPS) is 8.50. The first kappa shape index (κ1) is 9.42. The number of para-hydroxylation sites is 1. The molecule has 0 aliphatic rings. The number of hydrogen-bond acceptors (Lipinski definition) is 2. The van der Waals surface area contributed by atoms with E-state index in [9.17, 15) is 5.11 Å². The van der Waals surface area contributed by atoms with Crippen LogP contribution >= 0.6 is 0 Å². The van der Waals surface area contributed by atoms with Crippen molar-refractivity contribution in [2.24, 2.45) is 0 Å². The molecule has 1 rings (SSSR count). The monoisotopic (exact) mass is 129 g/mol. The minimum absolute atomic E-state index is 0. The van der Waals surface area contributed by atoms with Crippen LogP contribution in [0.3, 0.4) is 0 Å². The van der Waals surface area contributed by atoms with Gasteiger partial charge >= 0.3 is 18.9 Å². The van der Waals surface area contributed by atoms with Crippen LogP contribution < -0.4 is 29.7 Å². The first-order valence-corrected chi connectivity index (χ1v) is 2.74. The first-order valence-electron chi connectivity index (χ1n) is 2.74. The molecule has 3 heteroatoms. The van der Waals surface area contributed by atoms with Crippen molar-refractivity contribution >= 4 is 5.69 Å². The molecule has 0 fully saturated rings. The number of rotatable bonds is 0. The summed E-state index contributed by atoms with van der Waals surface area (Å²) in [7, 11) is 0. The molecule has 1 aromatic carbocycles. The summed E-state index contributed by atoms with van der Waals surface area (Å²) in [5, 5.41) is 10.7. The molecule has 0 bridgehead atoms. The van der Waals surface area contributed by atoms with Crippen molar-refractivity contribution in [3.63, 3.8) is 0 Å². The molecule has 0 heterocycles. The second-order valence-electron chi connectivity index (χ2n) is 1.99. The van der Waals surface area contributed by atoms with Crippen LogP contribution in [-0.4, -0.2) is 0 Å². The largest absolute Gasteiger partial charge is 1.00 e. The molecule has 0 unspecified atom stereocenters. The van der Waals surface area contributed by atoms with Crippen molar-refractivity contribution in [1.29, 1.82) is 0 Å². The van der Waals surface area contributed by atoms with Crippen molar-refractivity contribution < 1.29 is 24.0 Å². The Labute approximate surface area is 72.2 Å². The molecule has 0 atom stereocenters. The van der Waals surface area contributed by atoms with Gasteiger partial charge in [-0.25, -0.2) is 0 Å². The van der Waals surface area contributed by atoms with Crippen LogP contribution in [0.5, 0.6) is 5.75 Å². The molecule has 0 radical (unpaired) electrons. The molecule has 0 aliphatic carbocycles. The predicted molar refractivity (Wildman–Crippen MR) is 35.0 cm³/mol. The Kier molecular flexibility index (Phi) is 3.35. The molecule has 0 amide bonds. The minimum atomic E-state index is -0.0880. The molecule has 0 aromatic heterocycles. The van der Waals surface area contributed by atoms with Crippen LogP contribution in [0, 0.1) is 6.92 Å². The summed E-state index contributed by atoms with van der Waals surface area (Å²) in [5.41, 5.74) is 6.58. The standard InChI is InChI=1S/C7H9NO.Li/c1-5-3-2-4-6(9)7(5)8;/h2-4,9H,8H2,1H3;/q;+1/p-1. The fourth-order valence-electron chi connectivity index (χ4n) is 0.654. The Morgan fingerprint density at radius 2 is 2.00 bits per heavy atom. The van der Waals surface area contributed by atoms with E-state index in [-0.39, 0.29) is 24.6 Å². The average molecular weight is 129 g/mol. The Hall–Kier alpha value is -0.583. The Morgan fingerprint density at radius 1 is 1.40 bits per heavy atom. The third-order valence-corrected chi connectivity index (χ3v) is 1.28. The van der Waals surface area contributed by atoms with E-state index < -0.39 is 0 Å². The van der Waals surface area contributed by atoms with Crippen LogP contribution in [0.2, 0.25) is 0 Å². The van der Waals surface area contributed by atoms with Crippen molar-refractivity contribution in [2.45, 2.75) is 6.92 Å². The van der Waals surface area contributed by atoms with Gasteiger partial charge in [0, 0.05) is 5.69 Å². The molecule has 0 saturated carbocycles. The molecule has 0 saturated heterocycles. The van der Waals surface area contributed by atoms with E-state index in [1.807, 2.05) is 13.0 Å². The minimum Gasteiger partial charge on any atom is -0.871 e. The van der Waals surface area contributed by atoms with Gasteiger partial charge < -0.3 is 10.8 Å². The number of benzene rings is 1. The summed E-state index contributed by atoms with van der Waals surface area (Å²) in [6.45, 7) is 1.82. The Morgan fingerprint density at radius 3 is 2.40 bits per heavy atom. The molecule has 2 nitrogen and oxygen atoms in total. The van der Waals surface area contributed by atoms with Crippen LogP contribution in [0.4, 0.5) is 5.69 Å². The number of hydrogen-bond donors (Lipinski definition) is 1. The van der Waals surface area contributed by atoms with E-state index in [0.29, 0.717) is 5.69 Å². The van der Waals surface area contributed by atoms with Gasteiger partial charge in [0.05, 0.1) is 0 Å². The van der Waals surface area contributed by atoms with Gasteiger partial charge in [-0.1, -0.05) is 23.9 Å². The van der Waals surface area contributed by atoms with Crippen molar-refractivity contribution in [1.82, 2.24) is 0 Å². The topological polar surface area (TPSA) is 49.1 Å². The molecular formula is C7H8LiNO. The van der Waals surface area contributed by atoms with Crippen LogP contribution in [0.15, 0.2) is 18.2 Å². The Balaban J connectivity index is 0.000000810. The van der Waals surface area contributed by atoms with Gasteiger partial charge in [0.2, 0.25) is 0 Å². The number of nitrogens with two attached hydrogens (primary N) is 1. The third kappa shape index (κ3) is 1.70. The summed E-state index contributed by atoms with van der Waals surface area (Å²) in [6, 6.07) is 4.98. The second-order valence-corrected chi connectivity index (χ2v) is 1.99. The summed E-state index contributed by atoms with van der Waals surface area (Å²) in [6.07, 6.45) is 0. The zero-order chi connectivity index (χ0) is 6.85. The SMILES string of the molecule is Cc1cccc([O-])c1N.[Li+]. The Bertz CT molecular complexity index is 205. The maximum absolute atomic E-state index is 10.7. The summed E-state index contributed by atoms with van der Waals surface area (Å²) in [4.78, 5) is 0. The molecule has 1 aromatic rings. The van der Waals surface area contributed by atoms with E-state index in [0.717, 1.165) is 5.56 Å². The zero-order valence-electron chi connectivity index (χ0n) is 6.22. The summed E-state index contributed by atoms with van der Waals surface area (Å²) in [5.74, 6) is -0.0880. The van der Waals surface area contributed by atoms with E-state index in [1.165, 1.54) is 6.07 Å². The molecule has 10 heavy (non-hydrogen) atoms. The zero-order valence-corrected chi connectivity index (χ0v) is 6.22. The van der Waals surface area contributed by atoms with E-state index in [2.05, 4.69) is 0 Å². The average Bonchev–Trinajstić information content (AvgIpc) is 1.83. The quantitative estimate of drug-likeness (QED) is 0.315. The van der Waals surface area contributed by atoms with Crippen molar-refractivity contribution in [3.8, 4) is 5.75 Å². The second kappa shape index (κ2) is 3.55. The van der Waals surface area contributed by atoms with Crippen LogP contribution in [0.1, 0.15) is 5.56 Å². The third-order valence-electron chi connectivity index (χ3n) is 1.28. The summed E-state index contributed by atoms with van der Waals surface area (Å²) < 4.78 is 0. The molecule has 0 aliphatic heterocycles. The molecule has 0 spiro atoms. The molecule has 2 N–H and O–H groups in total. The first-order chi connectivity index (χ1) is 4.22. The van der Waals surface area contributed by atoms with Crippen molar-refractivity contribution in [3.05, 3.63) is 23.8 Å². The van der Waals surface area contributed by atoms with Gasteiger partial charge in [0.1, 0.15) is 0 Å². The summed E-state index contributed by atoms with van der Waals surface area (Å²) >= 11 is 0. The predicted octanol–water partition coefficient (Wildman–Crippen LogP) is -2.35. The van der Waals surface area contributed by atoms with Crippen molar-refractivity contribution in [2.75, 3.05) is 5.73 Å². The number of aryl methyl sites for hydroxylation is 1. The number of anilines is 1. The molecule has 48 valence electrons. The smallest absolute Gasteiger partial charge is 0.871 e. The van der Waals surface area contributed by atoms with Gasteiger partial charge in [-0.05, 0) is 12.5 Å². The maximum Gasteiger partial charge on any atom is 1.00 e. The van der Waals surface area contributed by atoms with Crippen LogP contribution in [-0.2, 0) is 0 Å². The van der Waals surface area contributed by atoms with Gasteiger partial charge in [-0.2, -0.15) is 0 Å². The van der Waals surface area contributed by atoms with Crippen LogP contribution in [0.25, 0.3) is 0 Å². The van der Waals surface area contributed by atoms with Gasteiger partial charge in [-0.15, -0.1) is 0 Å². The van der Waals surface area contributed by atoms with Gasteiger partial charge in [-0.3, -0.25) is 0 Å². The maximum atomic E-state index is 10.7. The van der Waals surface area contributed by atoms with E-state index >= 15 is 0 Å². The molecular weight excluding hydrogens is 121 g/mol. The van der Waals surface area contributed by atoms with E-state index in [1.54, 1.807) is 6.07 Å². The van der Waals surface area contributed by atoms with E-state index in [4.69, 9.17) is 5.73 Å². The van der Waals surface area contributed by atoms with Gasteiger partial charge in [0.15, 0.2) is 0 Å². The fourth-order valence-corrected chi connectivity index (χ4v) is 0.654. The van der Waals surface area contributed by atoms with Gasteiger partial charge in [0.25, 0.3) is 0 Å². The number of nitrogen functional groups attached to an aromatic ring is 1.